The predicted octanol–water partition coefficient (Wildman–Crippen LogP) is -0.0657. The molecule has 0 saturated heterocycles. The van der Waals surface area contributed by atoms with Crippen LogP contribution in [0.1, 0.15) is 45.2 Å². The number of likely N-dealkylation sites (N-methyl/N-ethyl adjacent to an activating group) is 1. The number of hydrogen-bond acceptors (Lipinski definition) is 10. The number of para-hydroxylation sites is 1. The van der Waals surface area contributed by atoms with Gasteiger partial charge in [-0.05, 0) is 57.2 Å². The number of nitrogens with zero attached hydrogens (tertiary/aromatic N) is 5. The number of aryl methyl sites for hydroxylation is 1. The molecule has 1 aliphatic rings. The molecule has 1 heterocycles. The molecule has 0 aliphatic heterocycles. The Morgan fingerprint density at radius 2 is 1.61 bits per heavy atom. The van der Waals surface area contributed by atoms with Crippen molar-refractivity contribution in [2.45, 2.75) is 64.8 Å². The second-order valence-corrected chi connectivity index (χ2v) is 12.5. The highest BCUT2D eigenvalue weighted by Gasteiger charge is 2.33. The fraction of sp³-hybridized carbons (Fsp3) is 0.618. The van der Waals surface area contributed by atoms with Gasteiger partial charge in [0.05, 0.1) is 32.8 Å². The van der Waals surface area contributed by atoms with Crippen LogP contribution in [-0.2, 0) is 41.8 Å². The van der Waals surface area contributed by atoms with Crippen LogP contribution in [0.4, 0.5) is 0 Å². The quantitative estimate of drug-likeness (QED) is 0.103. The van der Waals surface area contributed by atoms with Gasteiger partial charge < -0.3 is 39.5 Å². The third kappa shape index (κ3) is 11.8. The van der Waals surface area contributed by atoms with Gasteiger partial charge in [0.25, 0.3) is 0 Å². The molecule has 1 aliphatic carbocycles. The number of hydrogen-bond donors (Lipinski definition) is 4. The van der Waals surface area contributed by atoms with Gasteiger partial charge in [-0.3, -0.25) is 24.6 Å². The minimum absolute atomic E-state index is 0.0547. The number of carbonyl (C=O) groups is 5. The first kappa shape index (κ1) is 39.4. The van der Waals surface area contributed by atoms with Gasteiger partial charge in [-0.1, -0.05) is 18.2 Å². The number of aliphatic hydroxyl groups is 2. The maximum absolute atomic E-state index is 13.2. The normalized spacial score (nSPS) is 14.0. The van der Waals surface area contributed by atoms with Crippen LogP contribution in [0.2, 0.25) is 0 Å². The minimum atomic E-state index is -0.812. The average Bonchev–Trinajstić information content (AvgIpc) is 3.89. The van der Waals surface area contributed by atoms with Gasteiger partial charge in [-0.25, -0.2) is 9.80 Å². The van der Waals surface area contributed by atoms with Crippen LogP contribution in [-0.4, -0.2) is 143 Å². The van der Waals surface area contributed by atoms with E-state index >= 15 is 0 Å². The van der Waals surface area contributed by atoms with Gasteiger partial charge in [-0.15, -0.1) is 0 Å². The number of fused-ring (bicyclic) bond motifs is 1. The Hall–Kier alpha value is -4.05. The summed E-state index contributed by atoms with van der Waals surface area (Å²) >= 11 is 0. The van der Waals surface area contributed by atoms with E-state index in [4.69, 9.17) is 4.74 Å². The topological polar surface area (TPSA) is 177 Å². The van der Waals surface area contributed by atoms with Crippen molar-refractivity contribution < 1.29 is 38.9 Å². The van der Waals surface area contributed by atoms with E-state index in [1.807, 2.05) is 50.3 Å². The monoisotopic (exact) mass is 687 g/mol. The van der Waals surface area contributed by atoms with Crippen LogP contribution < -0.4 is 10.7 Å². The van der Waals surface area contributed by atoms with Crippen molar-refractivity contribution in [3.8, 4) is 0 Å². The average molecular weight is 688 g/mol. The van der Waals surface area contributed by atoms with Gasteiger partial charge in [0.1, 0.15) is 12.1 Å². The van der Waals surface area contributed by atoms with E-state index in [0.717, 1.165) is 34.3 Å². The summed E-state index contributed by atoms with van der Waals surface area (Å²) in [6.45, 7) is 2.58. The molecule has 4 N–H and O–H groups in total. The Morgan fingerprint density at radius 3 is 2.27 bits per heavy atom. The van der Waals surface area contributed by atoms with Gasteiger partial charge in [0.2, 0.25) is 23.6 Å². The minimum Gasteiger partial charge on any atom is -0.461 e. The molecular weight excluding hydrogens is 634 g/mol. The molecule has 2 atom stereocenters. The molecule has 0 spiro atoms. The smallest absolute Gasteiger partial charge is 0.328 e. The van der Waals surface area contributed by atoms with E-state index in [0.29, 0.717) is 19.0 Å². The lowest BCUT2D eigenvalue weighted by Crippen LogP contribution is -2.48. The number of carbonyl (C=O) groups excluding carboxylic acids is 5. The number of esters is 1. The zero-order valence-electron chi connectivity index (χ0n) is 29.4. The third-order valence-electron chi connectivity index (χ3n) is 8.95. The molecule has 0 radical (unpaired) electrons. The SMILES string of the molecule is CNN(C)Cc1cc2ccccc2n1CCC(=O)NCC(=O)N(CCO)CC(=O)N(CCO)CCC(=O)N(C)[C@@H](C)C(=O)O[C@@H](C)C1CC1. The summed E-state index contributed by atoms with van der Waals surface area (Å²) in [5.41, 5.74) is 5.09. The molecule has 4 amide bonds. The second-order valence-electron chi connectivity index (χ2n) is 12.5. The van der Waals surface area contributed by atoms with Crippen molar-refractivity contribution in [2.75, 3.05) is 67.1 Å². The standard InChI is InChI=1S/C34H53N7O8/c1-24(34(48)49-25(2)26-10-11-26)38(5)31(45)13-14-39(16-18-42)33(47)23-40(17-19-43)32(46)21-36-30(44)12-15-41-28(22-37(4)35-3)20-27-8-6-7-9-29(27)41/h6-9,20,24-26,35,42-43H,10-19,21-23H2,1-5H3,(H,36,44)/t24-,25-/m0/s1. The predicted molar refractivity (Wildman–Crippen MR) is 183 cm³/mol. The highest BCUT2D eigenvalue weighted by Crippen LogP contribution is 2.34. The Kier molecular flexibility index (Phi) is 15.4. The number of rotatable bonds is 21. The highest BCUT2D eigenvalue weighted by atomic mass is 16.5. The molecule has 15 nitrogen and oxygen atoms in total. The first-order valence-corrected chi connectivity index (χ1v) is 16.9. The number of benzene rings is 1. The maximum Gasteiger partial charge on any atom is 0.328 e. The Labute approximate surface area is 288 Å². The number of hydrazine groups is 1. The van der Waals surface area contributed by atoms with E-state index in [9.17, 15) is 34.2 Å². The van der Waals surface area contributed by atoms with Crippen molar-refractivity contribution in [3.63, 3.8) is 0 Å². The molecule has 1 saturated carbocycles. The van der Waals surface area contributed by atoms with Gasteiger partial charge in [0, 0.05) is 64.3 Å². The molecule has 1 aromatic carbocycles. The summed E-state index contributed by atoms with van der Waals surface area (Å²) in [6.07, 6.45) is 1.83. The lowest BCUT2D eigenvalue weighted by molar-refractivity contribution is -0.158. The maximum atomic E-state index is 13.2. The largest absolute Gasteiger partial charge is 0.461 e. The lowest BCUT2D eigenvalue weighted by Gasteiger charge is -2.28. The lowest BCUT2D eigenvalue weighted by atomic mass is 10.2. The Balaban J connectivity index is 1.51. The molecule has 272 valence electrons. The van der Waals surface area contributed by atoms with Crippen LogP contribution in [0.25, 0.3) is 10.9 Å². The summed E-state index contributed by atoms with van der Waals surface area (Å²) in [4.78, 5) is 68.1. The summed E-state index contributed by atoms with van der Waals surface area (Å²) in [5.74, 6) is -1.97. The first-order valence-electron chi connectivity index (χ1n) is 16.9. The Bertz CT molecular complexity index is 1430. The van der Waals surface area contributed by atoms with Crippen molar-refractivity contribution in [2.24, 2.45) is 5.92 Å². The number of amides is 4. The van der Waals surface area contributed by atoms with Crippen LogP contribution in [0.5, 0.6) is 0 Å². The van der Waals surface area contributed by atoms with Crippen molar-refractivity contribution in [1.29, 1.82) is 0 Å². The number of aliphatic hydroxyl groups excluding tert-OH is 2. The van der Waals surface area contributed by atoms with Crippen LogP contribution in [0.15, 0.2) is 30.3 Å². The molecule has 1 fully saturated rings. The fourth-order valence-electron chi connectivity index (χ4n) is 5.45. The van der Waals surface area contributed by atoms with E-state index in [2.05, 4.69) is 21.4 Å². The Morgan fingerprint density at radius 1 is 0.939 bits per heavy atom. The summed E-state index contributed by atoms with van der Waals surface area (Å²) in [6, 6.07) is 9.17. The van der Waals surface area contributed by atoms with Crippen molar-refractivity contribution >= 4 is 40.5 Å². The van der Waals surface area contributed by atoms with Crippen LogP contribution in [0.3, 0.4) is 0 Å². The van der Waals surface area contributed by atoms with E-state index in [1.54, 1.807) is 6.92 Å². The number of nitrogens with one attached hydrogen (secondary N) is 2. The summed E-state index contributed by atoms with van der Waals surface area (Å²) in [7, 11) is 5.24. The molecule has 49 heavy (non-hydrogen) atoms. The zero-order valence-corrected chi connectivity index (χ0v) is 29.4. The van der Waals surface area contributed by atoms with Gasteiger partial charge in [-0.2, -0.15) is 0 Å². The van der Waals surface area contributed by atoms with Crippen molar-refractivity contribution in [3.05, 3.63) is 36.0 Å². The third-order valence-corrected chi connectivity index (χ3v) is 8.95. The van der Waals surface area contributed by atoms with Gasteiger partial charge >= 0.3 is 5.97 Å². The summed E-state index contributed by atoms with van der Waals surface area (Å²) < 4.78 is 7.55. The molecule has 3 rings (SSSR count). The number of aromatic nitrogens is 1. The molecule has 0 bridgehead atoms. The number of ether oxygens (including phenoxy) is 1. The second kappa shape index (κ2) is 19.2. The van der Waals surface area contributed by atoms with E-state index in [-0.39, 0.29) is 63.5 Å². The molecule has 2 aromatic rings. The van der Waals surface area contributed by atoms with Crippen LogP contribution >= 0.6 is 0 Å². The molecular formula is C34H53N7O8. The zero-order chi connectivity index (χ0) is 36.1. The van der Waals surface area contributed by atoms with E-state index in [1.165, 1.54) is 16.8 Å². The molecule has 15 heteroatoms. The molecule has 0 unspecified atom stereocenters. The fourth-order valence-corrected chi connectivity index (χ4v) is 5.45. The van der Waals surface area contributed by atoms with Crippen molar-refractivity contribution in [1.82, 2.24) is 35.0 Å². The first-order chi connectivity index (χ1) is 23.4. The van der Waals surface area contributed by atoms with E-state index < -0.39 is 37.0 Å². The van der Waals surface area contributed by atoms with Gasteiger partial charge in [0.15, 0.2) is 0 Å². The highest BCUT2D eigenvalue weighted by molar-refractivity contribution is 5.89. The van der Waals surface area contributed by atoms with Crippen LogP contribution in [0, 0.1) is 5.92 Å². The molecule has 1 aromatic heterocycles. The summed E-state index contributed by atoms with van der Waals surface area (Å²) in [5, 5.41) is 24.8.